The highest BCUT2D eigenvalue weighted by atomic mass is 35.5. The maximum Gasteiger partial charge on any atom is 0.407 e. The van der Waals surface area contributed by atoms with Crippen molar-refractivity contribution in [3.8, 4) is 0 Å². The topological polar surface area (TPSA) is 66.7 Å². The Morgan fingerprint density at radius 2 is 2.09 bits per heavy atom. The molecule has 6 nitrogen and oxygen atoms in total. The van der Waals surface area contributed by atoms with Crippen molar-refractivity contribution in [3.63, 3.8) is 0 Å². The molecule has 4 atom stereocenters. The van der Waals surface area contributed by atoms with Crippen molar-refractivity contribution in [1.29, 1.82) is 0 Å². The molecule has 5 rings (SSSR count). The van der Waals surface area contributed by atoms with E-state index in [1.54, 1.807) is 24.4 Å². The highest BCUT2D eigenvalue weighted by Crippen LogP contribution is 2.75. The summed E-state index contributed by atoms with van der Waals surface area (Å²) >= 11 is 5.48. The zero-order valence-corrected chi connectivity index (χ0v) is 19.0. The number of hydrogen-bond acceptors (Lipinski definition) is 3. The van der Waals surface area contributed by atoms with Crippen molar-refractivity contribution in [2.24, 2.45) is 22.7 Å². The van der Waals surface area contributed by atoms with Gasteiger partial charge in [-0.05, 0) is 73.0 Å². The van der Waals surface area contributed by atoms with E-state index < -0.39 is 25.0 Å². The van der Waals surface area contributed by atoms with E-state index >= 15 is 0 Å². The van der Waals surface area contributed by atoms with E-state index in [2.05, 4.69) is 17.3 Å². The predicted molar refractivity (Wildman–Crippen MR) is 115 cm³/mol. The highest BCUT2D eigenvalue weighted by Gasteiger charge is 2.67. The second kappa shape index (κ2) is 7.61. The fraction of sp³-hybridized carbons (Fsp3) is 0.609. The summed E-state index contributed by atoms with van der Waals surface area (Å²) in [6.45, 7) is 1.41. The van der Waals surface area contributed by atoms with Gasteiger partial charge >= 0.3 is 6.18 Å². The van der Waals surface area contributed by atoms with Gasteiger partial charge in [0.1, 0.15) is 6.54 Å². The fourth-order valence-corrected chi connectivity index (χ4v) is 6.86. The number of carbonyl (C=O) groups is 2. The molecule has 0 saturated heterocycles. The molecule has 3 aliphatic rings. The van der Waals surface area contributed by atoms with E-state index in [9.17, 15) is 22.8 Å². The van der Waals surface area contributed by atoms with Crippen LogP contribution in [0.2, 0.25) is 0 Å². The lowest BCUT2D eigenvalue weighted by Gasteiger charge is -2.40. The Morgan fingerprint density at radius 1 is 1.30 bits per heavy atom. The van der Waals surface area contributed by atoms with Gasteiger partial charge in [0, 0.05) is 24.5 Å². The average molecular weight is 483 g/mol. The number of rotatable bonds is 6. The van der Waals surface area contributed by atoms with Crippen LogP contribution >= 0.6 is 11.8 Å². The zero-order valence-electron chi connectivity index (χ0n) is 18.3. The third-order valence-corrected chi connectivity index (χ3v) is 7.95. The number of carbonyl (C=O) groups excluding carboxylic acids is 2. The number of halogens is 4. The first-order valence-electron chi connectivity index (χ1n) is 11.3. The number of pyridine rings is 1. The molecule has 4 unspecified atom stereocenters. The lowest BCUT2D eigenvalue weighted by atomic mass is 9.67. The van der Waals surface area contributed by atoms with Crippen molar-refractivity contribution < 1.29 is 22.8 Å². The van der Waals surface area contributed by atoms with E-state index in [1.807, 2.05) is 0 Å². The van der Waals surface area contributed by atoms with E-state index in [0.29, 0.717) is 29.0 Å². The van der Waals surface area contributed by atoms with E-state index in [-0.39, 0.29) is 21.4 Å². The summed E-state index contributed by atoms with van der Waals surface area (Å²) in [4.78, 5) is 25.1. The summed E-state index contributed by atoms with van der Waals surface area (Å²) in [5.41, 5.74) is 1.86. The van der Waals surface area contributed by atoms with E-state index in [0.717, 1.165) is 12.3 Å². The first kappa shape index (κ1) is 22.5. The Labute approximate surface area is 194 Å². The first-order valence-corrected chi connectivity index (χ1v) is 11.6. The second-order valence-electron chi connectivity index (χ2n) is 10.4. The SMILES string of the molecule is CC1CC2(CNC(=O)c3cccn4nc(CC(=O)N(Cl)CC(F)(F)F)cc34)CC3CC3(C1)C2. The Hall–Kier alpha value is -2.29. The van der Waals surface area contributed by atoms with Gasteiger partial charge in [-0.15, -0.1) is 0 Å². The van der Waals surface area contributed by atoms with Crippen molar-refractivity contribution in [3.05, 3.63) is 35.7 Å². The van der Waals surface area contributed by atoms with Gasteiger partial charge in [-0.2, -0.15) is 18.3 Å². The van der Waals surface area contributed by atoms with Crippen LogP contribution in [-0.4, -0.2) is 45.1 Å². The first-order chi connectivity index (χ1) is 15.5. The van der Waals surface area contributed by atoms with Gasteiger partial charge in [0.15, 0.2) is 0 Å². The minimum Gasteiger partial charge on any atom is -0.351 e. The van der Waals surface area contributed by atoms with Crippen LogP contribution in [0.5, 0.6) is 0 Å². The summed E-state index contributed by atoms with van der Waals surface area (Å²) < 4.78 is 39.0. The quantitative estimate of drug-likeness (QED) is 0.622. The number of nitrogens with one attached hydrogen (secondary N) is 1. The minimum atomic E-state index is -4.59. The van der Waals surface area contributed by atoms with Crippen LogP contribution in [0.25, 0.3) is 5.52 Å². The largest absolute Gasteiger partial charge is 0.407 e. The van der Waals surface area contributed by atoms with Gasteiger partial charge in [0.05, 0.1) is 23.2 Å². The van der Waals surface area contributed by atoms with Crippen molar-refractivity contribution in [1.82, 2.24) is 19.3 Å². The molecule has 2 aromatic rings. The lowest BCUT2D eigenvalue weighted by molar-refractivity contribution is -0.150. The van der Waals surface area contributed by atoms with Gasteiger partial charge in [-0.25, -0.2) is 8.93 Å². The van der Waals surface area contributed by atoms with Crippen LogP contribution in [0.1, 0.15) is 55.1 Å². The third kappa shape index (κ3) is 4.32. The van der Waals surface area contributed by atoms with E-state index in [4.69, 9.17) is 11.8 Å². The molecule has 33 heavy (non-hydrogen) atoms. The Bertz CT molecular complexity index is 1110. The van der Waals surface area contributed by atoms with Gasteiger partial charge in [-0.3, -0.25) is 9.59 Å². The third-order valence-electron chi connectivity index (χ3n) is 7.64. The smallest absolute Gasteiger partial charge is 0.351 e. The molecule has 3 saturated carbocycles. The maximum atomic E-state index is 13.1. The Kier molecular flexibility index (Phi) is 5.19. The molecule has 0 radical (unpaired) electrons. The van der Waals surface area contributed by atoms with Crippen molar-refractivity contribution >= 4 is 29.1 Å². The maximum absolute atomic E-state index is 13.1. The number of fused-ring (bicyclic) bond motifs is 2. The van der Waals surface area contributed by atoms with Crippen molar-refractivity contribution in [2.45, 2.75) is 51.6 Å². The van der Waals surface area contributed by atoms with Crippen LogP contribution < -0.4 is 5.32 Å². The summed E-state index contributed by atoms with van der Waals surface area (Å²) in [5.74, 6) is 0.371. The normalized spacial score (nSPS) is 30.2. The zero-order chi connectivity index (χ0) is 23.6. The predicted octanol–water partition coefficient (Wildman–Crippen LogP) is 4.37. The highest BCUT2D eigenvalue weighted by molar-refractivity contribution is 6.21. The molecule has 2 heterocycles. The number of aromatic nitrogens is 2. The summed E-state index contributed by atoms with van der Waals surface area (Å²) in [6.07, 6.45) is 2.83. The average Bonchev–Trinajstić information content (AvgIpc) is 3.05. The van der Waals surface area contributed by atoms with Crippen LogP contribution in [0.4, 0.5) is 13.2 Å². The molecule has 2 bridgehead atoms. The molecule has 3 aliphatic carbocycles. The fourth-order valence-electron chi connectivity index (χ4n) is 6.66. The van der Waals surface area contributed by atoms with Gasteiger partial charge in [0.2, 0.25) is 5.91 Å². The van der Waals surface area contributed by atoms with Crippen LogP contribution in [-0.2, 0) is 11.2 Å². The monoisotopic (exact) mass is 482 g/mol. The number of amides is 2. The van der Waals surface area contributed by atoms with Crippen LogP contribution in [0, 0.1) is 22.7 Å². The van der Waals surface area contributed by atoms with Crippen LogP contribution in [0.3, 0.4) is 0 Å². The summed E-state index contributed by atoms with van der Waals surface area (Å²) in [6, 6.07) is 4.91. The molecule has 178 valence electrons. The molecular weight excluding hydrogens is 457 g/mol. The van der Waals surface area contributed by atoms with Gasteiger partial charge in [0.25, 0.3) is 5.91 Å². The molecule has 2 amide bonds. The second-order valence-corrected chi connectivity index (χ2v) is 10.8. The number of nitrogens with zero attached hydrogens (tertiary/aromatic N) is 3. The Balaban J connectivity index is 1.27. The van der Waals surface area contributed by atoms with Gasteiger partial charge in [-0.1, -0.05) is 6.92 Å². The minimum absolute atomic E-state index is 0.112. The lowest BCUT2D eigenvalue weighted by Crippen LogP contribution is -2.40. The summed E-state index contributed by atoms with van der Waals surface area (Å²) in [7, 11) is 0. The molecule has 2 aromatic heterocycles. The molecule has 0 aromatic carbocycles. The number of hydrogen-bond donors (Lipinski definition) is 1. The number of alkyl halides is 3. The Morgan fingerprint density at radius 3 is 2.85 bits per heavy atom. The molecule has 1 N–H and O–H groups in total. The van der Waals surface area contributed by atoms with Crippen LogP contribution in [0.15, 0.2) is 24.4 Å². The van der Waals surface area contributed by atoms with E-state index in [1.165, 1.54) is 30.2 Å². The molecular formula is C23H26ClF3N4O2. The molecule has 3 fully saturated rings. The summed E-state index contributed by atoms with van der Waals surface area (Å²) in [5, 5.41) is 7.37. The van der Waals surface area contributed by atoms with Crippen molar-refractivity contribution in [2.75, 3.05) is 13.1 Å². The molecule has 10 heteroatoms. The molecule has 1 spiro atoms. The standard InChI is InChI=1S/C23H26ClF3N4O2/c1-14-7-21(9-15-10-22(15,8-14)11-21)12-28-20(33)17-3-2-4-31-18(17)5-16(29-31)6-19(32)30(24)13-23(25,26)27/h2-5,14-15H,6-13H2,1H3,(H,28,33). The molecule has 0 aliphatic heterocycles. The van der Waals surface area contributed by atoms with Gasteiger partial charge < -0.3 is 5.32 Å².